The molecular weight excluding hydrogens is 224 g/mol. The first-order valence-corrected chi connectivity index (χ1v) is 7.68. The minimum atomic E-state index is -0.241. The van der Waals surface area contributed by atoms with Crippen LogP contribution in [0.15, 0.2) is 0 Å². The standard InChI is InChI=1S/C15H28N2O/c1-4-9-15(10-6-11-16-15)14(18)17-12(2)7-5-8-13(17)3/h12-13,16H,4-11H2,1-3H3. The van der Waals surface area contributed by atoms with Gasteiger partial charge in [0, 0.05) is 12.1 Å². The number of carbonyl (C=O) groups is 1. The molecule has 1 amide bonds. The first-order chi connectivity index (χ1) is 8.60. The molecule has 0 bridgehead atoms. The summed E-state index contributed by atoms with van der Waals surface area (Å²) in [5.41, 5.74) is -0.241. The summed E-state index contributed by atoms with van der Waals surface area (Å²) < 4.78 is 0. The molecular formula is C15H28N2O. The van der Waals surface area contributed by atoms with Gasteiger partial charge < -0.3 is 10.2 Å². The fourth-order valence-corrected chi connectivity index (χ4v) is 3.80. The van der Waals surface area contributed by atoms with Crippen LogP contribution in [0.1, 0.15) is 65.7 Å². The Kier molecular flexibility index (Phi) is 4.31. The molecule has 2 heterocycles. The zero-order chi connectivity index (χ0) is 13.2. The molecule has 18 heavy (non-hydrogen) atoms. The third kappa shape index (κ3) is 2.42. The van der Waals surface area contributed by atoms with E-state index in [1.807, 2.05) is 0 Å². The maximum absolute atomic E-state index is 13.0. The van der Waals surface area contributed by atoms with Gasteiger partial charge in [0.05, 0.1) is 5.54 Å². The Morgan fingerprint density at radius 3 is 2.44 bits per heavy atom. The maximum Gasteiger partial charge on any atom is 0.243 e. The van der Waals surface area contributed by atoms with Gasteiger partial charge in [-0.15, -0.1) is 0 Å². The lowest BCUT2D eigenvalue weighted by atomic mass is 9.87. The van der Waals surface area contributed by atoms with Gasteiger partial charge in [-0.2, -0.15) is 0 Å². The average molecular weight is 252 g/mol. The van der Waals surface area contributed by atoms with Crippen molar-refractivity contribution >= 4 is 5.91 Å². The van der Waals surface area contributed by atoms with Crippen molar-refractivity contribution in [2.45, 2.75) is 83.3 Å². The summed E-state index contributed by atoms with van der Waals surface area (Å²) >= 11 is 0. The normalized spacial score (nSPS) is 36.9. The molecule has 0 radical (unpaired) electrons. The number of hydrogen-bond acceptors (Lipinski definition) is 2. The van der Waals surface area contributed by atoms with Crippen molar-refractivity contribution in [3.05, 3.63) is 0 Å². The van der Waals surface area contributed by atoms with Crippen molar-refractivity contribution in [1.82, 2.24) is 10.2 Å². The van der Waals surface area contributed by atoms with Crippen molar-refractivity contribution in [2.75, 3.05) is 6.54 Å². The van der Waals surface area contributed by atoms with Gasteiger partial charge in [-0.25, -0.2) is 0 Å². The van der Waals surface area contributed by atoms with Gasteiger partial charge in [-0.05, 0) is 58.9 Å². The summed E-state index contributed by atoms with van der Waals surface area (Å²) in [5, 5.41) is 3.52. The molecule has 0 spiro atoms. The average Bonchev–Trinajstić information content (AvgIpc) is 2.79. The second-order valence-corrected chi connectivity index (χ2v) is 6.20. The molecule has 0 aromatic heterocycles. The molecule has 2 saturated heterocycles. The van der Waals surface area contributed by atoms with Crippen LogP contribution >= 0.6 is 0 Å². The first-order valence-electron chi connectivity index (χ1n) is 7.68. The van der Waals surface area contributed by atoms with E-state index in [0.29, 0.717) is 18.0 Å². The highest BCUT2D eigenvalue weighted by atomic mass is 16.2. The largest absolute Gasteiger partial charge is 0.336 e. The minimum Gasteiger partial charge on any atom is -0.336 e. The van der Waals surface area contributed by atoms with Gasteiger partial charge in [0.1, 0.15) is 0 Å². The lowest BCUT2D eigenvalue weighted by Gasteiger charge is -2.44. The van der Waals surface area contributed by atoms with E-state index in [-0.39, 0.29) is 5.54 Å². The third-order valence-electron chi connectivity index (χ3n) is 4.76. The van der Waals surface area contributed by atoms with Crippen LogP contribution in [0.2, 0.25) is 0 Å². The smallest absolute Gasteiger partial charge is 0.243 e. The molecule has 0 aromatic rings. The second-order valence-electron chi connectivity index (χ2n) is 6.20. The van der Waals surface area contributed by atoms with Crippen molar-refractivity contribution in [1.29, 1.82) is 0 Å². The van der Waals surface area contributed by atoms with E-state index >= 15 is 0 Å². The van der Waals surface area contributed by atoms with E-state index < -0.39 is 0 Å². The van der Waals surface area contributed by atoms with Crippen LogP contribution in [-0.4, -0.2) is 35.0 Å². The lowest BCUT2D eigenvalue weighted by Crippen LogP contribution is -2.60. The second kappa shape index (κ2) is 5.60. The first kappa shape index (κ1) is 13.9. The molecule has 2 rings (SSSR count). The van der Waals surface area contributed by atoms with Crippen molar-refractivity contribution in [3.8, 4) is 0 Å². The molecule has 0 aliphatic carbocycles. The Morgan fingerprint density at radius 1 is 1.28 bits per heavy atom. The topological polar surface area (TPSA) is 32.3 Å². The van der Waals surface area contributed by atoms with Crippen LogP contribution in [0, 0.1) is 0 Å². The van der Waals surface area contributed by atoms with E-state index in [4.69, 9.17) is 0 Å². The summed E-state index contributed by atoms with van der Waals surface area (Å²) in [5.74, 6) is 0.376. The van der Waals surface area contributed by atoms with Crippen molar-refractivity contribution in [3.63, 3.8) is 0 Å². The van der Waals surface area contributed by atoms with Crippen LogP contribution in [0.5, 0.6) is 0 Å². The Labute approximate surface area is 111 Å². The summed E-state index contributed by atoms with van der Waals surface area (Å²) in [7, 11) is 0. The maximum atomic E-state index is 13.0. The van der Waals surface area contributed by atoms with Crippen LogP contribution in [-0.2, 0) is 4.79 Å². The monoisotopic (exact) mass is 252 g/mol. The zero-order valence-corrected chi connectivity index (χ0v) is 12.2. The fourth-order valence-electron chi connectivity index (χ4n) is 3.80. The highest BCUT2D eigenvalue weighted by molar-refractivity contribution is 5.87. The predicted octanol–water partition coefficient (Wildman–Crippen LogP) is 2.70. The number of rotatable bonds is 3. The minimum absolute atomic E-state index is 0.241. The number of amides is 1. The predicted molar refractivity (Wildman–Crippen MR) is 74.5 cm³/mol. The van der Waals surface area contributed by atoms with Crippen molar-refractivity contribution < 1.29 is 4.79 Å². The Morgan fingerprint density at radius 2 is 1.94 bits per heavy atom. The van der Waals surface area contributed by atoms with E-state index in [1.165, 1.54) is 6.42 Å². The SMILES string of the molecule is CCCC1(C(=O)N2C(C)CCCC2C)CCCN1. The lowest BCUT2D eigenvalue weighted by molar-refractivity contribution is -0.144. The fraction of sp³-hybridized carbons (Fsp3) is 0.933. The van der Waals surface area contributed by atoms with Gasteiger partial charge in [0.15, 0.2) is 0 Å². The van der Waals surface area contributed by atoms with Gasteiger partial charge in [0.25, 0.3) is 0 Å². The molecule has 3 nitrogen and oxygen atoms in total. The number of likely N-dealkylation sites (tertiary alicyclic amines) is 1. The summed E-state index contributed by atoms with van der Waals surface area (Å²) in [4.78, 5) is 15.2. The quantitative estimate of drug-likeness (QED) is 0.837. The number of nitrogens with one attached hydrogen (secondary N) is 1. The number of nitrogens with zero attached hydrogens (tertiary/aromatic N) is 1. The van der Waals surface area contributed by atoms with Gasteiger partial charge in [-0.3, -0.25) is 4.79 Å². The molecule has 2 aliphatic heterocycles. The Balaban J connectivity index is 2.16. The summed E-state index contributed by atoms with van der Waals surface area (Å²) in [6, 6.07) is 0.828. The summed E-state index contributed by atoms with van der Waals surface area (Å²) in [6.07, 6.45) is 7.83. The number of carbonyl (C=O) groups excluding carboxylic acids is 1. The highest BCUT2D eigenvalue weighted by Gasteiger charge is 2.45. The molecule has 2 aliphatic rings. The number of hydrogen-bond donors (Lipinski definition) is 1. The number of piperidine rings is 1. The van der Waals surface area contributed by atoms with Crippen LogP contribution in [0.4, 0.5) is 0 Å². The molecule has 1 N–H and O–H groups in total. The van der Waals surface area contributed by atoms with Gasteiger partial charge in [0.2, 0.25) is 5.91 Å². The highest BCUT2D eigenvalue weighted by Crippen LogP contribution is 2.32. The van der Waals surface area contributed by atoms with Crippen LogP contribution < -0.4 is 5.32 Å². The van der Waals surface area contributed by atoms with E-state index in [9.17, 15) is 4.79 Å². The van der Waals surface area contributed by atoms with E-state index in [1.54, 1.807) is 0 Å². The van der Waals surface area contributed by atoms with Crippen LogP contribution in [0.25, 0.3) is 0 Å². The molecule has 0 saturated carbocycles. The molecule has 3 unspecified atom stereocenters. The van der Waals surface area contributed by atoms with Gasteiger partial charge in [-0.1, -0.05) is 13.3 Å². The van der Waals surface area contributed by atoms with E-state index in [2.05, 4.69) is 31.0 Å². The molecule has 2 fully saturated rings. The van der Waals surface area contributed by atoms with E-state index in [0.717, 1.165) is 45.1 Å². The molecule has 3 atom stereocenters. The zero-order valence-electron chi connectivity index (χ0n) is 12.2. The van der Waals surface area contributed by atoms with Gasteiger partial charge >= 0.3 is 0 Å². The molecule has 0 aromatic carbocycles. The Hall–Kier alpha value is -0.570. The molecule has 3 heteroatoms. The molecule has 104 valence electrons. The Bertz CT molecular complexity index is 287. The third-order valence-corrected chi connectivity index (χ3v) is 4.76. The van der Waals surface area contributed by atoms with Crippen molar-refractivity contribution in [2.24, 2.45) is 0 Å². The summed E-state index contributed by atoms with van der Waals surface area (Å²) in [6.45, 7) is 7.60. The van der Waals surface area contributed by atoms with Crippen LogP contribution in [0.3, 0.4) is 0 Å².